The van der Waals surface area contributed by atoms with Crippen molar-refractivity contribution in [2.24, 2.45) is 0 Å². The van der Waals surface area contributed by atoms with Crippen molar-refractivity contribution in [1.82, 2.24) is 9.88 Å². The van der Waals surface area contributed by atoms with Gasteiger partial charge in [-0.2, -0.15) is 0 Å². The van der Waals surface area contributed by atoms with E-state index in [1.54, 1.807) is 29.4 Å². The van der Waals surface area contributed by atoms with Gasteiger partial charge in [-0.3, -0.25) is 4.98 Å². The minimum Gasteiger partial charge on any atom is -0.444 e. The SMILES string of the molecule is CC.Cc1cncc(NCCN(Cc2ccc(F)cc2)C(=O)OC(C)(C)C)c1. The second-order valence-electron chi connectivity index (χ2n) is 7.21. The minimum atomic E-state index is -0.577. The number of hydrogen-bond acceptors (Lipinski definition) is 4. The molecule has 0 spiro atoms. The van der Waals surface area contributed by atoms with E-state index in [1.165, 1.54) is 12.1 Å². The molecule has 1 amide bonds. The van der Waals surface area contributed by atoms with Crippen LogP contribution in [-0.4, -0.2) is 34.7 Å². The van der Waals surface area contributed by atoms with Gasteiger partial charge in [-0.15, -0.1) is 0 Å². The summed E-state index contributed by atoms with van der Waals surface area (Å²) in [6.45, 7) is 12.8. The third kappa shape index (κ3) is 8.84. The zero-order valence-electron chi connectivity index (χ0n) is 17.8. The van der Waals surface area contributed by atoms with Gasteiger partial charge in [0.25, 0.3) is 0 Å². The largest absolute Gasteiger partial charge is 0.444 e. The topological polar surface area (TPSA) is 54.5 Å². The Bertz CT molecular complexity index is 727. The van der Waals surface area contributed by atoms with Crippen LogP contribution >= 0.6 is 0 Å². The Labute approximate surface area is 167 Å². The van der Waals surface area contributed by atoms with Crippen molar-refractivity contribution in [2.45, 2.75) is 53.7 Å². The van der Waals surface area contributed by atoms with Gasteiger partial charge >= 0.3 is 6.09 Å². The van der Waals surface area contributed by atoms with Gasteiger partial charge in [0.15, 0.2) is 0 Å². The highest BCUT2D eigenvalue weighted by molar-refractivity contribution is 5.68. The fourth-order valence-corrected chi connectivity index (χ4v) is 2.36. The number of ether oxygens (including phenoxy) is 1. The predicted octanol–water partition coefficient (Wildman–Crippen LogP) is 5.40. The second-order valence-corrected chi connectivity index (χ2v) is 7.21. The van der Waals surface area contributed by atoms with E-state index in [-0.39, 0.29) is 5.82 Å². The van der Waals surface area contributed by atoms with E-state index in [0.717, 1.165) is 16.8 Å². The van der Waals surface area contributed by atoms with Crippen molar-refractivity contribution < 1.29 is 13.9 Å². The van der Waals surface area contributed by atoms with Crippen molar-refractivity contribution in [3.63, 3.8) is 0 Å². The summed E-state index contributed by atoms with van der Waals surface area (Å²) < 4.78 is 18.6. The molecular formula is C22H32FN3O2. The van der Waals surface area contributed by atoms with E-state index >= 15 is 0 Å². The fourth-order valence-electron chi connectivity index (χ4n) is 2.36. The van der Waals surface area contributed by atoms with Crippen LogP contribution in [0.1, 0.15) is 45.7 Å². The number of aromatic nitrogens is 1. The normalized spacial score (nSPS) is 10.5. The van der Waals surface area contributed by atoms with Gasteiger partial charge in [-0.05, 0) is 57.0 Å². The Kier molecular flexibility index (Phi) is 9.42. The highest BCUT2D eigenvalue weighted by Gasteiger charge is 2.22. The zero-order valence-corrected chi connectivity index (χ0v) is 17.8. The highest BCUT2D eigenvalue weighted by Crippen LogP contribution is 2.14. The Morgan fingerprint density at radius 1 is 1.18 bits per heavy atom. The first-order valence-corrected chi connectivity index (χ1v) is 9.61. The molecule has 154 valence electrons. The molecule has 6 heteroatoms. The molecule has 28 heavy (non-hydrogen) atoms. The molecule has 0 saturated heterocycles. The molecule has 0 aliphatic carbocycles. The molecular weight excluding hydrogens is 357 g/mol. The van der Waals surface area contributed by atoms with Gasteiger partial charge in [0.2, 0.25) is 0 Å². The van der Waals surface area contributed by atoms with E-state index in [2.05, 4.69) is 10.3 Å². The number of halogens is 1. The Balaban J connectivity index is 0.00000190. The van der Waals surface area contributed by atoms with Gasteiger partial charge in [-0.25, -0.2) is 9.18 Å². The summed E-state index contributed by atoms with van der Waals surface area (Å²) in [5.41, 5.74) is 2.22. The van der Waals surface area contributed by atoms with Crippen molar-refractivity contribution >= 4 is 11.8 Å². The van der Waals surface area contributed by atoms with Crippen LogP contribution in [0.3, 0.4) is 0 Å². The number of carbonyl (C=O) groups excluding carboxylic acids is 1. The first-order valence-electron chi connectivity index (χ1n) is 9.61. The molecule has 2 rings (SSSR count). The lowest BCUT2D eigenvalue weighted by atomic mass is 10.2. The molecule has 1 heterocycles. The number of rotatable bonds is 6. The number of nitrogens with one attached hydrogen (secondary N) is 1. The molecule has 0 saturated carbocycles. The average molecular weight is 390 g/mol. The molecule has 0 aliphatic heterocycles. The average Bonchev–Trinajstić information content (AvgIpc) is 2.63. The number of pyridine rings is 1. The lowest BCUT2D eigenvalue weighted by Crippen LogP contribution is -2.39. The first-order chi connectivity index (χ1) is 13.2. The lowest BCUT2D eigenvalue weighted by Gasteiger charge is -2.27. The number of benzene rings is 1. The van der Waals surface area contributed by atoms with Gasteiger partial charge in [-0.1, -0.05) is 26.0 Å². The summed E-state index contributed by atoms with van der Waals surface area (Å²) in [5, 5.41) is 3.26. The summed E-state index contributed by atoms with van der Waals surface area (Å²) in [6.07, 6.45) is 3.13. The third-order valence-electron chi connectivity index (χ3n) is 3.52. The molecule has 1 N–H and O–H groups in total. The van der Waals surface area contributed by atoms with Crippen molar-refractivity contribution in [1.29, 1.82) is 0 Å². The Hall–Kier alpha value is -2.63. The molecule has 0 unspecified atom stereocenters. The summed E-state index contributed by atoms with van der Waals surface area (Å²) in [6, 6.07) is 8.11. The summed E-state index contributed by atoms with van der Waals surface area (Å²) in [4.78, 5) is 18.3. The molecule has 5 nitrogen and oxygen atoms in total. The Morgan fingerprint density at radius 2 is 1.82 bits per heavy atom. The molecule has 1 aromatic carbocycles. The number of nitrogens with zero attached hydrogens (tertiary/aromatic N) is 2. The van der Waals surface area contributed by atoms with Crippen LogP contribution in [0.5, 0.6) is 0 Å². The van der Waals surface area contributed by atoms with Crippen LogP contribution in [0.25, 0.3) is 0 Å². The quantitative estimate of drug-likeness (QED) is 0.718. The smallest absolute Gasteiger partial charge is 0.410 e. The van der Waals surface area contributed by atoms with Crippen LogP contribution in [0.2, 0.25) is 0 Å². The second kappa shape index (κ2) is 11.3. The zero-order chi connectivity index (χ0) is 21.2. The van der Waals surface area contributed by atoms with Gasteiger partial charge in [0.1, 0.15) is 11.4 Å². The molecule has 0 atom stereocenters. The predicted molar refractivity (Wildman–Crippen MR) is 112 cm³/mol. The first kappa shape index (κ1) is 23.4. The molecule has 0 aliphatic rings. The maximum atomic E-state index is 13.1. The number of hydrogen-bond donors (Lipinski definition) is 1. The summed E-state index contributed by atoms with van der Waals surface area (Å²) in [5.74, 6) is -0.300. The van der Waals surface area contributed by atoms with Crippen LogP contribution in [0.15, 0.2) is 42.7 Å². The standard InChI is InChI=1S/C20H26FN3O2.C2H6/c1-15-11-18(13-22-12-15)23-9-10-24(19(25)26-20(2,3)4)14-16-5-7-17(21)8-6-16;1-2/h5-8,11-13,23H,9-10,14H2,1-4H3;1-2H3. The Morgan fingerprint density at radius 3 is 2.39 bits per heavy atom. The van der Waals surface area contributed by atoms with Crippen LogP contribution in [0, 0.1) is 12.7 Å². The van der Waals surface area contributed by atoms with E-state index in [1.807, 2.05) is 47.6 Å². The van der Waals surface area contributed by atoms with E-state index in [9.17, 15) is 9.18 Å². The van der Waals surface area contributed by atoms with E-state index in [0.29, 0.717) is 19.6 Å². The maximum Gasteiger partial charge on any atom is 0.410 e. The van der Waals surface area contributed by atoms with Crippen LogP contribution in [-0.2, 0) is 11.3 Å². The minimum absolute atomic E-state index is 0.300. The fraction of sp³-hybridized carbons (Fsp3) is 0.455. The van der Waals surface area contributed by atoms with Crippen molar-refractivity contribution in [3.8, 4) is 0 Å². The molecule has 0 radical (unpaired) electrons. The number of aryl methyl sites for hydroxylation is 1. The van der Waals surface area contributed by atoms with Crippen LogP contribution in [0.4, 0.5) is 14.9 Å². The van der Waals surface area contributed by atoms with E-state index in [4.69, 9.17) is 4.74 Å². The van der Waals surface area contributed by atoms with Crippen molar-refractivity contribution in [2.75, 3.05) is 18.4 Å². The highest BCUT2D eigenvalue weighted by atomic mass is 19.1. The van der Waals surface area contributed by atoms with E-state index < -0.39 is 11.7 Å². The van der Waals surface area contributed by atoms with Crippen molar-refractivity contribution in [3.05, 3.63) is 59.7 Å². The van der Waals surface area contributed by atoms with Gasteiger partial charge < -0.3 is 15.0 Å². The number of amides is 1. The summed E-state index contributed by atoms with van der Waals surface area (Å²) >= 11 is 0. The van der Waals surface area contributed by atoms with Crippen LogP contribution < -0.4 is 5.32 Å². The molecule has 2 aromatic rings. The monoisotopic (exact) mass is 389 g/mol. The summed E-state index contributed by atoms with van der Waals surface area (Å²) in [7, 11) is 0. The van der Waals surface area contributed by atoms with Gasteiger partial charge in [0.05, 0.1) is 5.69 Å². The third-order valence-corrected chi connectivity index (χ3v) is 3.52. The number of carbonyl (C=O) groups is 1. The molecule has 1 aromatic heterocycles. The van der Waals surface area contributed by atoms with Gasteiger partial charge in [0, 0.05) is 32.0 Å². The maximum absolute atomic E-state index is 13.1. The lowest BCUT2D eigenvalue weighted by molar-refractivity contribution is 0.0241. The molecule has 0 bridgehead atoms. The molecule has 0 fully saturated rings. The number of anilines is 1.